The number of hydrogen-bond donors (Lipinski definition) is 3. The molecule has 0 aromatic heterocycles. The van der Waals surface area contributed by atoms with E-state index in [2.05, 4.69) is 5.32 Å². The SMILES string of the molecule is CC(C)(O)CNCCCS(=O)(=O)O. The Bertz CT molecular complexity index is 229. The summed E-state index contributed by atoms with van der Waals surface area (Å²) in [6.07, 6.45) is 0.342. The van der Waals surface area contributed by atoms with E-state index in [1.165, 1.54) is 0 Å². The first-order valence-electron chi connectivity index (χ1n) is 4.09. The summed E-state index contributed by atoms with van der Waals surface area (Å²) < 4.78 is 28.9. The summed E-state index contributed by atoms with van der Waals surface area (Å²) >= 11 is 0. The minimum Gasteiger partial charge on any atom is -0.389 e. The van der Waals surface area contributed by atoms with Crippen molar-refractivity contribution in [1.82, 2.24) is 5.32 Å². The van der Waals surface area contributed by atoms with E-state index in [9.17, 15) is 13.5 Å². The molecule has 0 unspecified atom stereocenters. The Labute approximate surface area is 78.9 Å². The third-order valence-corrected chi connectivity index (χ3v) is 2.12. The van der Waals surface area contributed by atoms with E-state index < -0.39 is 15.7 Å². The highest BCUT2D eigenvalue weighted by Gasteiger charge is 2.11. The molecule has 0 bridgehead atoms. The first-order chi connectivity index (χ1) is 5.71. The van der Waals surface area contributed by atoms with Crippen LogP contribution in [0.2, 0.25) is 0 Å². The molecule has 0 atom stereocenters. The van der Waals surface area contributed by atoms with Crippen LogP contribution in [0.25, 0.3) is 0 Å². The Morgan fingerprint density at radius 2 is 1.92 bits per heavy atom. The molecule has 0 heterocycles. The second-order valence-corrected chi connectivity index (χ2v) is 5.20. The molecule has 0 aliphatic carbocycles. The topological polar surface area (TPSA) is 86.6 Å². The highest BCUT2D eigenvalue weighted by atomic mass is 32.2. The third-order valence-electron chi connectivity index (χ3n) is 1.31. The van der Waals surface area contributed by atoms with Crippen molar-refractivity contribution in [1.29, 1.82) is 0 Å². The molecular formula is C7H17NO4S. The molecule has 0 fully saturated rings. The third kappa shape index (κ3) is 11.8. The molecule has 0 saturated heterocycles. The molecular weight excluding hydrogens is 194 g/mol. The number of nitrogens with one attached hydrogen (secondary N) is 1. The van der Waals surface area contributed by atoms with Crippen molar-refractivity contribution >= 4 is 10.1 Å². The zero-order valence-electron chi connectivity index (χ0n) is 7.95. The van der Waals surface area contributed by atoms with Crippen LogP contribution < -0.4 is 5.32 Å². The monoisotopic (exact) mass is 211 g/mol. The minimum absolute atomic E-state index is 0.244. The van der Waals surface area contributed by atoms with Crippen molar-refractivity contribution in [3.8, 4) is 0 Å². The summed E-state index contributed by atoms with van der Waals surface area (Å²) in [5.74, 6) is -0.244. The summed E-state index contributed by atoms with van der Waals surface area (Å²) in [4.78, 5) is 0. The average molecular weight is 211 g/mol. The van der Waals surface area contributed by atoms with Crippen LogP contribution in [0.15, 0.2) is 0 Å². The van der Waals surface area contributed by atoms with Crippen molar-refractivity contribution < 1.29 is 18.1 Å². The predicted molar refractivity (Wildman–Crippen MR) is 50.2 cm³/mol. The molecule has 0 aliphatic heterocycles. The Morgan fingerprint density at radius 3 is 2.31 bits per heavy atom. The number of rotatable bonds is 6. The first kappa shape index (κ1) is 12.8. The highest BCUT2D eigenvalue weighted by molar-refractivity contribution is 7.85. The zero-order chi connectivity index (χ0) is 10.5. The van der Waals surface area contributed by atoms with Gasteiger partial charge in [0, 0.05) is 6.54 Å². The minimum atomic E-state index is -3.84. The van der Waals surface area contributed by atoms with Crippen molar-refractivity contribution in [3.05, 3.63) is 0 Å². The number of hydrogen-bond acceptors (Lipinski definition) is 4. The molecule has 3 N–H and O–H groups in total. The standard InChI is InChI=1S/C7H17NO4S/c1-7(2,9)6-8-4-3-5-13(10,11)12/h8-9H,3-6H2,1-2H3,(H,10,11,12). The van der Waals surface area contributed by atoms with Crippen LogP contribution in [-0.4, -0.2) is 42.5 Å². The van der Waals surface area contributed by atoms with Gasteiger partial charge in [0.05, 0.1) is 11.4 Å². The van der Waals surface area contributed by atoms with Gasteiger partial charge in [0.25, 0.3) is 10.1 Å². The summed E-state index contributed by atoms with van der Waals surface area (Å²) in [7, 11) is -3.84. The molecule has 0 aliphatic rings. The first-order valence-corrected chi connectivity index (χ1v) is 5.70. The molecule has 13 heavy (non-hydrogen) atoms. The zero-order valence-corrected chi connectivity index (χ0v) is 8.76. The number of aliphatic hydroxyl groups is 1. The Kier molecular flexibility index (Phi) is 4.83. The average Bonchev–Trinajstić information content (AvgIpc) is 1.81. The quantitative estimate of drug-likeness (QED) is 0.412. The van der Waals surface area contributed by atoms with E-state index in [-0.39, 0.29) is 5.75 Å². The second-order valence-electron chi connectivity index (χ2n) is 3.63. The highest BCUT2D eigenvalue weighted by Crippen LogP contribution is 1.97. The van der Waals surface area contributed by atoms with Gasteiger partial charge < -0.3 is 10.4 Å². The van der Waals surface area contributed by atoms with Gasteiger partial charge in [-0.15, -0.1) is 0 Å². The maximum atomic E-state index is 10.3. The van der Waals surface area contributed by atoms with Crippen molar-refractivity contribution in [2.75, 3.05) is 18.8 Å². The summed E-state index contributed by atoms with van der Waals surface area (Å²) in [6, 6.07) is 0. The molecule has 0 aromatic carbocycles. The van der Waals surface area contributed by atoms with Crippen LogP contribution >= 0.6 is 0 Å². The van der Waals surface area contributed by atoms with Gasteiger partial charge in [-0.1, -0.05) is 0 Å². The molecule has 5 nitrogen and oxygen atoms in total. The Morgan fingerprint density at radius 1 is 1.38 bits per heavy atom. The predicted octanol–water partition coefficient (Wildman–Crippen LogP) is -0.375. The van der Waals surface area contributed by atoms with Crippen molar-refractivity contribution in [2.45, 2.75) is 25.9 Å². The van der Waals surface area contributed by atoms with Gasteiger partial charge in [0.1, 0.15) is 0 Å². The molecule has 0 amide bonds. The van der Waals surface area contributed by atoms with Crippen molar-refractivity contribution in [3.63, 3.8) is 0 Å². The molecule has 0 rings (SSSR count). The smallest absolute Gasteiger partial charge is 0.264 e. The van der Waals surface area contributed by atoms with Crippen LogP contribution in [-0.2, 0) is 10.1 Å². The molecule has 0 spiro atoms. The normalized spacial score (nSPS) is 13.2. The lowest BCUT2D eigenvalue weighted by Gasteiger charge is -2.17. The maximum Gasteiger partial charge on any atom is 0.264 e. The van der Waals surface area contributed by atoms with E-state index in [0.717, 1.165) is 0 Å². The molecule has 0 saturated carbocycles. The maximum absolute atomic E-state index is 10.3. The van der Waals surface area contributed by atoms with Gasteiger partial charge >= 0.3 is 0 Å². The van der Waals surface area contributed by atoms with Gasteiger partial charge in [0.2, 0.25) is 0 Å². The lowest BCUT2D eigenvalue weighted by atomic mass is 10.1. The molecule has 0 aromatic rings. The van der Waals surface area contributed by atoms with Gasteiger partial charge in [-0.3, -0.25) is 4.55 Å². The van der Waals surface area contributed by atoms with E-state index in [0.29, 0.717) is 19.5 Å². The largest absolute Gasteiger partial charge is 0.389 e. The van der Waals surface area contributed by atoms with E-state index in [1.54, 1.807) is 13.8 Å². The van der Waals surface area contributed by atoms with Crippen LogP contribution in [0.3, 0.4) is 0 Å². The Hall–Kier alpha value is -0.170. The Balaban J connectivity index is 3.39. The van der Waals surface area contributed by atoms with E-state index in [4.69, 9.17) is 4.55 Å². The van der Waals surface area contributed by atoms with Crippen molar-refractivity contribution in [2.24, 2.45) is 0 Å². The fourth-order valence-electron chi connectivity index (χ4n) is 0.774. The van der Waals surface area contributed by atoms with Gasteiger partial charge in [-0.2, -0.15) is 8.42 Å². The molecule has 6 heteroatoms. The van der Waals surface area contributed by atoms with Gasteiger partial charge in [-0.25, -0.2) is 0 Å². The summed E-state index contributed by atoms with van der Waals surface area (Å²) in [5, 5.41) is 12.1. The van der Waals surface area contributed by atoms with Crippen LogP contribution in [0.1, 0.15) is 20.3 Å². The fraction of sp³-hybridized carbons (Fsp3) is 1.00. The van der Waals surface area contributed by atoms with Crippen LogP contribution in [0, 0.1) is 0 Å². The molecule has 80 valence electrons. The lowest BCUT2D eigenvalue weighted by Crippen LogP contribution is -2.35. The van der Waals surface area contributed by atoms with Crippen LogP contribution in [0.4, 0.5) is 0 Å². The lowest BCUT2D eigenvalue weighted by molar-refractivity contribution is 0.0801. The summed E-state index contributed by atoms with van der Waals surface area (Å²) in [5.41, 5.74) is -0.794. The fourth-order valence-corrected chi connectivity index (χ4v) is 1.28. The van der Waals surface area contributed by atoms with Crippen LogP contribution in [0.5, 0.6) is 0 Å². The van der Waals surface area contributed by atoms with Gasteiger partial charge in [0.15, 0.2) is 0 Å². The van der Waals surface area contributed by atoms with Gasteiger partial charge in [-0.05, 0) is 26.8 Å². The summed E-state index contributed by atoms with van der Waals surface area (Å²) in [6.45, 7) is 4.17. The van der Waals surface area contributed by atoms with E-state index >= 15 is 0 Å². The molecule has 0 radical (unpaired) electrons. The van der Waals surface area contributed by atoms with E-state index in [1.807, 2.05) is 0 Å². The second kappa shape index (κ2) is 4.90.